The molecule has 6 heteroatoms. The van der Waals surface area contributed by atoms with Gasteiger partial charge in [-0.25, -0.2) is 0 Å². The second-order valence-corrected chi connectivity index (χ2v) is 6.63. The molecule has 0 aliphatic carbocycles. The second kappa shape index (κ2) is 5.71. The monoisotopic (exact) mass is 282 g/mol. The Kier molecular flexibility index (Phi) is 4.21. The van der Waals surface area contributed by atoms with E-state index in [0.29, 0.717) is 36.5 Å². The summed E-state index contributed by atoms with van der Waals surface area (Å²) in [6, 6.07) is 6.45. The van der Waals surface area contributed by atoms with Crippen molar-refractivity contribution in [3.8, 4) is 0 Å². The molecule has 0 spiro atoms. The van der Waals surface area contributed by atoms with Crippen LogP contribution in [0.3, 0.4) is 0 Å². The van der Waals surface area contributed by atoms with Crippen LogP contribution in [0.15, 0.2) is 24.3 Å². The summed E-state index contributed by atoms with van der Waals surface area (Å²) in [4.78, 5) is 10.7. The first-order valence-corrected chi connectivity index (χ1v) is 7.78. The molecule has 1 saturated heterocycles. The average Bonchev–Trinajstić information content (AvgIpc) is 2.38. The van der Waals surface area contributed by atoms with E-state index >= 15 is 0 Å². The molecule has 1 unspecified atom stereocenters. The van der Waals surface area contributed by atoms with Crippen molar-refractivity contribution < 1.29 is 13.2 Å². The van der Waals surface area contributed by atoms with E-state index in [9.17, 15) is 13.2 Å². The molecule has 1 N–H and O–H groups in total. The maximum Gasteiger partial charge on any atom is 0.301 e. The largest absolute Gasteiger partial charge is 0.301 e. The summed E-state index contributed by atoms with van der Waals surface area (Å²) in [6.07, 6.45) is 2.64. The van der Waals surface area contributed by atoms with Gasteiger partial charge in [0.25, 0.3) is 0 Å². The molecule has 19 heavy (non-hydrogen) atoms. The fraction of sp³-hybridized carbons (Fsp3) is 0.462. The molecule has 1 heterocycles. The van der Waals surface area contributed by atoms with Gasteiger partial charge in [0, 0.05) is 18.7 Å². The van der Waals surface area contributed by atoms with Crippen LogP contribution in [0.25, 0.3) is 0 Å². The smallest absolute Gasteiger partial charge is 0.298 e. The first kappa shape index (κ1) is 14.0. The van der Waals surface area contributed by atoms with Crippen LogP contribution in [0.2, 0.25) is 0 Å². The highest BCUT2D eigenvalue weighted by Crippen LogP contribution is 2.20. The Morgan fingerprint density at radius 3 is 2.89 bits per heavy atom. The van der Waals surface area contributed by atoms with Gasteiger partial charge in [-0.3, -0.25) is 9.52 Å². The molecule has 0 saturated carbocycles. The second-order valence-electron chi connectivity index (χ2n) is 4.96. The van der Waals surface area contributed by atoms with Gasteiger partial charge in [0.15, 0.2) is 0 Å². The number of rotatable bonds is 4. The van der Waals surface area contributed by atoms with Gasteiger partial charge in [-0.15, -0.1) is 0 Å². The van der Waals surface area contributed by atoms with Crippen molar-refractivity contribution >= 4 is 22.2 Å². The van der Waals surface area contributed by atoms with E-state index in [1.807, 2.05) is 0 Å². The van der Waals surface area contributed by atoms with Crippen molar-refractivity contribution in [1.82, 2.24) is 4.31 Å². The minimum absolute atomic E-state index is 0.381. The summed E-state index contributed by atoms with van der Waals surface area (Å²) in [5.74, 6) is 0.381. The number of benzene rings is 1. The quantitative estimate of drug-likeness (QED) is 0.858. The fourth-order valence-corrected chi connectivity index (χ4v) is 3.63. The van der Waals surface area contributed by atoms with Gasteiger partial charge < -0.3 is 0 Å². The van der Waals surface area contributed by atoms with Crippen LogP contribution in [0, 0.1) is 5.92 Å². The van der Waals surface area contributed by atoms with Crippen LogP contribution in [0.1, 0.15) is 30.1 Å². The lowest BCUT2D eigenvalue weighted by molar-refractivity contribution is 0.112. The van der Waals surface area contributed by atoms with E-state index in [1.54, 1.807) is 18.2 Å². The number of piperidine rings is 1. The minimum Gasteiger partial charge on any atom is -0.298 e. The van der Waals surface area contributed by atoms with Crippen LogP contribution >= 0.6 is 0 Å². The average molecular weight is 282 g/mol. The third-order valence-corrected chi connectivity index (χ3v) is 4.73. The van der Waals surface area contributed by atoms with E-state index in [0.717, 1.165) is 12.8 Å². The molecule has 1 aromatic carbocycles. The van der Waals surface area contributed by atoms with Crippen molar-refractivity contribution in [3.05, 3.63) is 29.8 Å². The third kappa shape index (κ3) is 3.54. The molecule has 1 atom stereocenters. The predicted molar refractivity (Wildman–Crippen MR) is 74.3 cm³/mol. The van der Waals surface area contributed by atoms with Crippen molar-refractivity contribution in [2.45, 2.75) is 19.8 Å². The van der Waals surface area contributed by atoms with Crippen molar-refractivity contribution in [2.75, 3.05) is 17.8 Å². The Labute approximate surface area is 113 Å². The molecule has 104 valence electrons. The van der Waals surface area contributed by atoms with Crippen LogP contribution in [-0.4, -0.2) is 32.1 Å². The van der Waals surface area contributed by atoms with Crippen molar-refractivity contribution in [3.63, 3.8) is 0 Å². The van der Waals surface area contributed by atoms with Gasteiger partial charge in [-0.1, -0.05) is 19.1 Å². The number of nitrogens with zero attached hydrogens (tertiary/aromatic N) is 1. The Bertz CT molecular complexity index is 557. The van der Waals surface area contributed by atoms with Crippen molar-refractivity contribution in [1.29, 1.82) is 0 Å². The van der Waals surface area contributed by atoms with Gasteiger partial charge >= 0.3 is 10.2 Å². The molecule has 1 aromatic rings. The predicted octanol–water partition coefficient (Wildman–Crippen LogP) is 1.89. The lowest BCUT2D eigenvalue weighted by atomic mass is 10.0. The Morgan fingerprint density at radius 1 is 1.42 bits per heavy atom. The maximum atomic E-state index is 12.2. The molecule has 1 aliphatic heterocycles. The van der Waals surface area contributed by atoms with Gasteiger partial charge in [0.05, 0.1) is 5.69 Å². The van der Waals surface area contributed by atoms with Crippen LogP contribution in [0.4, 0.5) is 5.69 Å². The van der Waals surface area contributed by atoms with Gasteiger partial charge in [-0.05, 0) is 30.9 Å². The SMILES string of the molecule is CC1CCCN(S(=O)(=O)Nc2cccc(C=O)c2)C1. The van der Waals surface area contributed by atoms with E-state index in [4.69, 9.17) is 0 Å². The number of anilines is 1. The summed E-state index contributed by atoms with van der Waals surface area (Å²) in [5.41, 5.74) is 0.870. The zero-order valence-corrected chi connectivity index (χ0v) is 11.7. The van der Waals surface area contributed by atoms with Gasteiger partial charge in [0.2, 0.25) is 0 Å². The maximum absolute atomic E-state index is 12.2. The third-order valence-electron chi connectivity index (χ3n) is 3.23. The lowest BCUT2D eigenvalue weighted by Gasteiger charge is -2.30. The van der Waals surface area contributed by atoms with E-state index in [-0.39, 0.29) is 0 Å². The zero-order valence-electron chi connectivity index (χ0n) is 10.9. The van der Waals surface area contributed by atoms with E-state index in [2.05, 4.69) is 11.6 Å². The molecule has 5 nitrogen and oxygen atoms in total. The highest BCUT2D eigenvalue weighted by Gasteiger charge is 2.26. The summed E-state index contributed by atoms with van der Waals surface area (Å²) >= 11 is 0. The number of hydrogen-bond acceptors (Lipinski definition) is 3. The Hall–Kier alpha value is -1.40. The van der Waals surface area contributed by atoms with Gasteiger partial charge in [-0.2, -0.15) is 12.7 Å². The Morgan fingerprint density at radius 2 is 2.21 bits per heavy atom. The molecule has 2 rings (SSSR count). The van der Waals surface area contributed by atoms with Crippen LogP contribution < -0.4 is 4.72 Å². The zero-order chi connectivity index (χ0) is 13.9. The van der Waals surface area contributed by atoms with Crippen molar-refractivity contribution in [2.24, 2.45) is 5.92 Å². The summed E-state index contributed by atoms with van der Waals surface area (Å²) in [5, 5.41) is 0. The lowest BCUT2D eigenvalue weighted by Crippen LogP contribution is -2.42. The minimum atomic E-state index is -3.53. The molecular weight excluding hydrogens is 264 g/mol. The molecule has 0 aromatic heterocycles. The Balaban J connectivity index is 2.13. The standard InChI is InChI=1S/C13H18N2O3S/c1-11-4-3-7-15(9-11)19(17,18)14-13-6-2-5-12(8-13)10-16/h2,5-6,8,10-11,14H,3-4,7,9H2,1H3. The normalized spacial score (nSPS) is 21.0. The number of hydrogen-bond donors (Lipinski definition) is 1. The number of aldehydes is 1. The summed E-state index contributed by atoms with van der Waals surface area (Å²) < 4.78 is 28.4. The first-order valence-electron chi connectivity index (χ1n) is 6.34. The molecule has 0 radical (unpaired) electrons. The highest BCUT2D eigenvalue weighted by molar-refractivity contribution is 7.90. The molecule has 1 fully saturated rings. The first-order chi connectivity index (χ1) is 9.01. The summed E-state index contributed by atoms with van der Waals surface area (Å²) in [7, 11) is -3.53. The highest BCUT2D eigenvalue weighted by atomic mass is 32.2. The number of nitrogens with one attached hydrogen (secondary N) is 1. The fourth-order valence-electron chi connectivity index (χ4n) is 2.25. The molecule has 0 amide bonds. The molecule has 0 bridgehead atoms. The number of carbonyl (C=O) groups is 1. The van der Waals surface area contributed by atoms with Crippen LogP contribution in [0.5, 0.6) is 0 Å². The van der Waals surface area contributed by atoms with E-state index < -0.39 is 10.2 Å². The molecular formula is C13H18N2O3S. The molecule has 1 aliphatic rings. The van der Waals surface area contributed by atoms with Gasteiger partial charge in [0.1, 0.15) is 6.29 Å². The number of carbonyl (C=O) groups excluding carboxylic acids is 1. The summed E-state index contributed by atoms with van der Waals surface area (Å²) in [6.45, 7) is 3.14. The topological polar surface area (TPSA) is 66.5 Å². The van der Waals surface area contributed by atoms with Crippen LogP contribution in [-0.2, 0) is 10.2 Å². The van der Waals surface area contributed by atoms with E-state index in [1.165, 1.54) is 10.4 Å².